The van der Waals surface area contributed by atoms with Gasteiger partial charge in [0.05, 0.1) is 5.69 Å². The van der Waals surface area contributed by atoms with Crippen molar-refractivity contribution in [3.05, 3.63) is 89.4 Å². The molecule has 0 aliphatic heterocycles. The summed E-state index contributed by atoms with van der Waals surface area (Å²) in [6.45, 7) is 0. The van der Waals surface area contributed by atoms with Gasteiger partial charge in [-0.1, -0.05) is 30.3 Å². The molecule has 0 radical (unpaired) electrons. The molecule has 5 nitrogen and oxygen atoms in total. The van der Waals surface area contributed by atoms with Crippen LogP contribution in [0.15, 0.2) is 72.4 Å². The Hall–Kier alpha value is -3.98. The summed E-state index contributed by atoms with van der Waals surface area (Å²) in [5, 5.41) is 18.0. The number of carbonyl (C=O) groups excluding carboxylic acids is 1. The van der Waals surface area contributed by atoms with Gasteiger partial charge in [0.1, 0.15) is 17.5 Å². The summed E-state index contributed by atoms with van der Waals surface area (Å²) in [6, 6.07) is 17.5. The van der Waals surface area contributed by atoms with Crippen LogP contribution >= 0.6 is 0 Å². The molecule has 1 aromatic heterocycles. The Bertz CT molecular complexity index is 1090. The first-order valence-corrected chi connectivity index (χ1v) is 7.93. The van der Waals surface area contributed by atoms with E-state index in [2.05, 4.69) is 0 Å². The molecule has 0 aliphatic carbocycles. The van der Waals surface area contributed by atoms with E-state index in [4.69, 9.17) is 10.4 Å². The van der Waals surface area contributed by atoms with E-state index in [0.717, 1.165) is 6.08 Å². The highest BCUT2D eigenvalue weighted by molar-refractivity contribution is 6.00. The minimum absolute atomic E-state index is 0.190. The maximum Gasteiger partial charge on any atom is 0.346 e. The normalized spacial score (nSPS) is 11.0. The number of aromatic nitrogens is 1. The molecule has 0 saturated carbocycles. The molecular weight excluding hydrogens is 347 g/mol. The molecule has 1 heterocycles. The minimum atomic E-state index is -1.38. The summed E-state index contributed by atoms with van der Waals surface area (Å²) in [4.78, 5) is 24.0. The zero-order valence-corrected chi connectivity index (χ0v) is 14.0. The largest absolute Gasteiger partial charge is 0.477 e. The lowest BCUT2D eigenvalue weighted by atomic mass is 10.1. The van der Waals surface area contributed by atoms with Gasteiger partial charge in [0.15, 0.2) is 0 Å². The zero-order chi connectivity index (χ0) is 19.4. The highest BCUT2D eigenvalue weighted by Crippen LogP contribution is 2.27. The van der Waals surface area contributed by atoms with Crippen LogP contribution in [-0.2, 0) is 4.79 Å². The molecule has 0 fully saturated rings. The Morgan fingerprint density at radius 3 is 2.37 bits per heavy atom. The first-order chi connectivity index (χ1) is 13.0. The average molecular weight is 360 g/mol. The van der Waals surface area contributed by atoms with E-state index in [9.17, 15) is 14.0 Å². The van der Waals surface area contributed by atoms with E-state index in [1.807, 2.05) is 0 Å². The van der Waals surface area contributed by atoms with Gasteiger partial charge >= 0.3 is 5.97 Å². The molecule has 0 aliphatic rings. The zero-order valence-electron chi connectivity index (χ0n) is 14.0. The van der Waals surface area contributed by atoms with Gasteiger partial charge in [-0.2, -0.15) is 5.26 Å². The molecular formula is C21H13FN2O3. The molecule has 2 aromatic carbocycles. The second kappa shape index (κ2) is 7.50. The van der Waals surface area contributed by atoms with E-state index < -0.39 is 23.3 Å². The predicted molar refractivity (Wildman–Crippen MR) is 97.2 cm³/mol. The van der Waals surface area contributed by atoms with Crippen molar-refractivity contribution in [1.29, 1.82) is 5.26 Å². The third kappa shape index (κ3) is 3.67. The van der Waals surface area contributed by atoms with Crippen molar-refractivity contribution >= 4 is 18.0 Å². The Labute approximate surface area is 154 Å². The number of halogens is 1. The van der Waals surface area contributed by atoms with Crippen LogP contribution in [0.2, 0.25) is 0 Å². The lowest BCUT2D eigenvalue weighted by molar-refractivity contribution is -0.132. The fraction of sp³-hybridized carbons (Fsp3) is 0. The van der Waals surface area contributed by atoms with Gasteiger partial charge in [-0.3, -0.25) is 9.36 Å². The summed E-state index contributed by atoms with van der Waals surface area (Å²) in [6.07, 6.45) is 2.53. The Morgan fingerprint density at radius 1 is 1.07 bits per heavy atom. The van der Waals surface area contributed by atoms with Crippen molar-refractivity contribution in [2.75, 3.05) is 0 Å². The molecule has 0 saturated heterocycles. The van der Waals surface area contributed by atoms with Crippen LogP contribution in [0.4, 0.5) is 4.39 Å². The highest BCUT2D eigenvalue weighted by Gasteiger charge is 2.18. The van der Waals surface area contributed by atoms with Crippen LogP contribution in [0.3, 0.4) is 0 Å². The fourth-order valence-corrected chi connectivity index (χ4v) is 2.64. The van der Waals surface area contributed by atoms with Crippen molar-refractivity contribution in [3.8, 4) is 17.3 Å². The van der Waals surface area contributed by atoms with Gasteiger partial charge < -0.3 is 5.11 Å². The SMILES string of the molecule is N#C/C(=C\c1cc(-c2ccccc2F)n(C(=O)c2ccccc2)c1)C(=O)O. The van der Waals surface area contributed by atoms with Crippen molar-refractivity contribution in [3.63, 3.8) is 0 Å². The average Bonchev–Trinajstić information content (AvgIpc) is 3.10. The second-order valence-corrected chi connectivity index (χ2v) is 5.65. The van der Waals surface area contributed by atoms with Crippen LogP contribution in [0.1, 0.15) is 15.9 Å². The van der Waals surface area contributed by atoms with Crippen LogP contribution in [-0.4, -0.2) is 21.6 Å². The molecule has 0 amide bonds. The number of nitrogens with zero attached hydrogens (tertiary/aromatic N) is 2. The van der Waals surface area contributed by atoms with E-state index in [0.29, 0.717) is 11.1 Å². The van der Waals surface area contributed by atoms with E-state index >= 15 is 0 Å². The number of hydrogen-bond donors (Lipinski definition) is 1. The molecule has 0 unspecified atom stereocenters. The Balaban J connectivity index is 2.19. The maximum absolute atomic E-state index is 14.3. The topological polar surface area (TPSA) is 83.1 Å². The van der Waals surface area contributed by atoms with E-state index in [1.165, 1.54) is 35.0 Å². The summed E-state index contributed by atoms with van der Waals surface area (Å²) in [5.41, 5.74) is 0.655. The number of aliphatic carboxylic acids is 1. The first-order valence-electron chi connectivity index (χ1n) is 7.93. The molecule has 1 N–H and O–H groups in total. The summed E-state index contributed by atoms with van der Waals surface area (Å²) in [7, 11) is 0. The van der Waals surface area contributed by atoms with Crippen molar-refractivity contribution in [2.24, 2.45) is 0 Å². The van der Waals surface area contributed by atoms with E-state index in [-0.39, 0.29) is 11.3 Å². The molecule has 3 aromatic rings. The van der Waals surface area contributed by atoms with Gasteiger partial charge in [-0.25, -0.2) is 9.18 Å². The summed E-state index contributed by atoms with van der Waals surface area (Å²) >= 11 is 0. The van der Waals surface area contributed by atoms with Gasteiger partial charge in [0.25, 0.3) is 5.91 Å². The van der Waals surface area contributed by atoms with Crippen molar-refractivity contribution < 1.29 is 19.1 Å². The van der Waals surface area contributed by atoms with Crippen LogP contribution in [0.5, 0.6) is 0 Å². The van der Waals surface area contributed by atoms with Crippen LogP contribution < -0.4 is 0 Å². The van der Waals surface area contributed by atoms with Crippen molar-refractivity contribution in [1.82, 2.24) is 4.57 Å². The van der Waals surface area contributed by atoms with Crippen LogP contribution in [0.25, 0.3) is 17.3 Å². The lowest BCUT2D eigenvalue weighted by Gasteiger charge is -2.08. The quantitative estimate of drug-likeness (QED) is 0.564. The number of carboxylic acids is 1. The third-order valence-electron chi connectivity index (χ3n) is 3.89. The minimum Gasteiger partial charge on any atom is -0.477 e. The maximum atomic E-state index is 14.3. The van der Waals surface area contributed by atoms with Crippen LogP contribution in [0, 0.1) is 17.1 Å². The summed E-state index contributed by atoms with van der Waals surface area (Å²) in [5.74, 6) is -2.30. The first kappa shape index (κ1) is 17.8. The third-order valence-corrected chi connectivity index (χ3v) is 3.89. The van der Waals surface area contributed by atoms with Gasteiger partial charge in [0.2, 0.25) is 0 Å². The number of carboxylic acid groups (broad SMARTS) is 1. The van der Waals surface area contributed by atoms with Gasteiger partial charge in [0, 0.05) is 17.3 Å². The molecule has 0 spiro atoms. The number of rotatable bonds is 4. The monoisotopic (exact) mass is 360 g/mol. The number of benzene rings is 2. The molecule has 0 bridgehead atoms. The Morgan fingerprint density at radius 2 is 1.74 bits per heavy atom. The molecule has 6 heteroatoms. The predicted octanol–water partition coefficient (Wildman–Crippen LogP) is 3.97. The van der Waals surface area contributed by atoms with Gasteiger partial charge in [-0.05, 0) is 42.0 Å². The molecule has 0 atom stereocenters. The summed E-state index contributed by atoms with van der Waals surface area (Å²) < 4.78 is 15.5. The standard InChI is InChI=1S/C21H13FN2O3/c22-18-9-5-4-8-17(18)19-11-14(10-16(12-23)21(26)27)13-24(19)20(25)15-6-2-1-3-7-15/h1-11,13H,(H,26,27)/b16-10+. The Kier molecular flexibility index (Phi) is 4.95. The van der Waals surface area contributed by atoms with Crippen molar-refractivity contribution in [2.45, 2.75) is 0 Å². The van der Waals surface area contributed by atoms with Gasteiger partial charge in [-0.15, -0.1) is 0 Å². The lowest BCUT2D eigenvalue weighted by Crippen LogP contribution is -2.12. The van der Waals surface area contributed by atoms with E-state index in [1.54, 1.807) is 42.5 Å². The number of carbonyl (C=O) groups is 2. The number of hydrogen-bond acceptors (Lipinski definition) is 3. The smallest absolute Gasteiger partial charge is 0.346 e. The highest BCUT2D eigenvalue weighted by atomic mass is 19.1. The molecule has 3 rings (SSSR count). The number of nitriles is 1. The fourth-order valence-electron chi connectivity index (χ4n) is 2.64. The molecule has 27 heavy (non-hydrogen) atoms. The molecule has 132 valence electrons. The second-order valence-electron chi connectivity index (χ2n) is 5.65.